The van der Waals surface area contributed by atoms with E-state index in [9.17, 15) is 0 Å². The third kappa shape index (κ3) is 3.48. The zero-order chi connectivity index (χ0) is 18.0. The Bertz CT molecular complexity index is 770. The summed E-state index contributed by atoms with van der Waals surface area (Å²) in [6.07, 6.45) is 7.21. The molecule has 0 atom stereocenters. The van der Waals surface area contributed by atoms with Crippen LogP contribution in [0, 0.1) is 0 Å². The van der Waals surface area contributed by atoms with Crippen LogP contribution in [0.3, 0.4) is 0 Å². The molecule has 0 unspecified atom stereocenters. The van der Waals surface area contributed by atoms with Gasteiger partial charge in [-0.2, -0.15) is 0 Å². The molecule has 1 spiro atoms. The van der Waals surface area contributed by atoms with Crippen molar-refractivity contribution in [1.82, 2.24) is 9.91 Å². The Morgan fingerprint density at radius 1 is 1.00 bits per heavy atom. The number of hydrogen-bond acceptors (Lipinski definition) is 3. The van der Waals surface area contributed by atoms with Crippen LogP contribution in [-0.4, -0.2) is 29.5 Å². The first-order valence-corrected chi connectivity index (χ1v) is 9.77. The lowest BCUT2D eigenvalue weighted by Gasteiger charge is -2.39. The number of benzene rings is 2. The van der Waals surface area contributed by atoms with Gasteiger partial charge in [0.25, 0.3) is 0 Å². The SMILES string of the molecule is CCN(N)Cc1ccc(CN2CCC3(C=Cc4ccccc43)CC2)cc1. The molecule has 1 heterocycles. The van der Waals surface area contributed by atoms with E-state index in [4.69, 9.17) is 5.84 Å². The topological polar surface area (TPSA) is 32.5 Å². The standard InChI is InChI=1S/C23H29N3/c1-2-26(24)18-20-9-7-19(8-10-20)17-25-15-13-23(14-16-25)12-11-21-5-3-4-6-22(21)23/h3-12H,2,13-18,24H2,1H3. The molecular formula is C23H29N3. The Kier molecular flexibility index (Phi) is 4.94. The quantitative estimate of drug-likeness (QED) is 0.657. The van der Waals surface area contributed by atoms with Gasteiger partial charge in [0.05, 0.1) is 0 Å². The maximum atomic E-state index is 5.90. The van der Waals surface area contributed by atoms with E-state index < -0.39 is 0 Å². The molecule has 1 aliphatic carbocycles. The second kappa shape index (κ2) is 7.36. The Balaban J connectivity index is 1.35. The summed E-state index contributed by atoms with van der Waals surface area (Å²) >= 11 is 0. The molecule has 1 aliphatic heterocycles. The van der Waals surface area contributed by atoms with Crippen molar-refractivity contribution >= 4 is 6.08 Å². The van der Waals surface area contributed by atoms with Crippen LogP contribution in [0.5, 0.6) is 0 Å². The number of nitrogens with two attached hydrogens (primary N) is 1. The first-order chi connectivity index (χ1) is 12.7. The average molecular weight is 348 g/mol. The van der Waals surface area contributed by atoms with Crippen molar-refractivity contribution in [1.29, 1.82) is 0 Å². The van der Waals surface area contributed by atoms with E-state index in [1.165, 1.54) is 35.1 Å². The average Bonchev–Trinajstić information content (AvgIpc) is 3.04. The molecule has 2 N–H and O–H groups in total. The first kappa shape index (κ1) is 17.5. The summed E-state index contributed by atoms with van der Waals surface area (Å²) in [6.45, 7) is 7.13. The maximum absolute atomic E-state index is 5.90. The van der Waals surface area contributed by atoms with Crippen molar-refractivity contribution < 1.29 is 0 Å². The van der Waals surface area contributed by atoms with Crippen LogP contribution in [0.1, 0.15) is 42.0 Å². The molecule has 2 aromatic carbocycles. The van der Waals surface area contributed by atoms with Gasteiger partial charge in [-0.3, -0.25) is 10.7 Å². The molecule has 4 rings (SSSR count). The predicted molar refractivity (Wildman–Crippen MR) is 108 cm³/mol. The third-order valence-corrected chi connectivity index (χ3v) is 6.05. The molecular weight excluding hydrogens is 318 g/mol. The van der Waals surface area contributed by atoms with Gasteiger partial charge in [-0.25, -0.2) is 5.01 Å². The van der Waals surface area contributed by atoms with Crippen molar-refractivity contribution in [2.45, 2.75) is 38.3 Å². The Morgan fingerprint density at radius 2 is 1.69 bits per heavy atom. The summed E-state index contributed by atoms with van der Waals surface area (Å²) in [5.74, 6) is 5.90. The summed E-state index contributed by atoms with van der Waals surface area (Å²) in [6, 6.07) is 17.8. The molecule has 0 bridgehead atoms. The fourth-order valence-corrected chi connectivity index (χ4v) is 4.34. The summed E-state index contributed by atoms with van der Waals surface area (Å²) in [5, 5.41) is 1.84. The highest BCUT2D eigenvalue weighted by molar-refractivity contribution is 5.65. The van der Waals surface area contributed by atoms with Gasteiger partial charge in [0.15, 0.2) is 0 Å². The maximum Gasteiger partial charge on any atom is 0.0379 e. The van der Waals surface area contributed by atoms with Gasteiger partial charge >= 0.3 is 0 Å². The largest absolute Gasteiger partial charge is 0.299 e. The summed E-state index contributed by atoms with van der Waals surface area (Å²) in [7, 11) is 0. The molecule has 136 valence electrons. The van der Waals surface area contributed by atoms with Crippen molar-refractivity contribution in [3.8, 4) is 0 Å². The van der Waals surface area contributed by atoms with E-state index in [1.807, 2.05) is 5.01 Å². The van der Waals surface area contributed by atoms with Gasteiger partial charge in [0.2, 0.25) is 0 Å². The van der Waals surface area contributed by atoms with Crippen molar-refractivity contribution in [2.75, 3.05) is 19.6 Å². The highest BCUT2D eigenvalue weighted by Gasteiger charge is 2.37. The van der Waals surface area contributed by atoms with E-state index in [2.05, 4.69) is 72.5 Å². The number of rotatable bonds is 5. The number of likely N-dealkylation sites (tertiary alicyclic amines) is 1. The molecule has 3 heteroatoms. The van der Waals surface area contributed by atoms with Crippen LogP contribution < -0.4 is 5.84 Å². The molecule has 2 aliphatic rings. The lowest BCUT2D eigenvalue weighted by Crippen LogP contribution is -2.40. The van der Waals surface area contributed by atoms with E-state index >= 15 is 0 Å². The number of hydrazine groups is 1. The second-order valence-electron chi connectivity index (χ2n) is 7.73. The molecule has 0 amide bonds. The number of nitrogens with zero attached hydrogens (tertiary/aromatic N) is 2. The summed E-state index contributed by atoms with van der Waals surface area (Å²) < 4.78 is 0. The highest BCUT2D eigenvalue weighted by atomic mass is 15.4. The van der Waals surface area contributed by atoms with E-state index in [0.29, 0.717) is 0 Å². The van der Waals surface area contributed by atoms with Crippen molar-refractivity contribution in [3.05, 3.63) is 76.9 Å². The van der Waals surface area contributed by atoms with Gasteiger partial charge in [-0.05, 0) is 48.2 Å². The fraction of sp³-hybridized carbons (Fsp3) is 0.391. The van der Waals surface area contributed by atoms with Crippen LogP contribution in [0.25, 0.3) is 6.08 Å². The van der Waals surface area contributed by atoms with E-state index in [-0.39, 0.29) is 5.41 Å². The zero-order valence-electron chi connectivity index (χ0n) is 15.7. The highest BCUT2D eigenvalue weighted by Crippen LogP contribution is 2.43. The van der Waals surface area contributed by atoms with Crippen LogP contribution in [0.2, 0.25) is 0 Å². The first-order valence-electron chi connectivity index (χ1n) is 9.77. The normalized spacial score (nSPS) is 18.6. The number of allylic oxidation sites excluding steroid dienone is 1. The molecule has 3 nitrogen and oxygen atoms in total. The number of hydrogen-bond donors (Lipinski definition) is 1. The van der Waals surface area contributed by atoms with Gasteiger partial charge in [0.1, 0.15) is 0 Å². The molecule has 0 radical (unpaired) electrons. The molecule has 26 heavy (non-hydrogen) atoms. The van der Waals surface area contributed by atoms with Gasteiger partial charge in [-0.1, -0.05) is 67.6 Å². The lowest BCUT2D eigenvalue weighted by molar-refractivity contribution is 0.177. The summed E-state index contributed by atoms with van der Waals surface area (Å²) in [5.41, 5.74) is 5.90. The van der Waals surface area contributed by atoms with E-state index in [1.54, 1.807) is 0 Å². The number of piperidine rings is 1. The minimum Gasteiger partial charge on any atom is -0.299 e. The van der Waals surface area contributed by atoms with Gasteiger partial charge in [0, 0.05) is 25.0 Å². The van der Waals surface area contributed by atoms with E-state index in [0.717, 1.165) is 32.7 Å². The van der Waals surface area contributed by atoms with Crippen molar-refractivity contribution in [2.24, 2.45) is 5.84 Å². The smallest absolute Gasteiger partial charge is 0.0379 e. The molecule has 1 fully saturated rings. The zero-order valence-corrected chi connectivity index (χ0v) is 15.7. The minimum absolute atomic E-state index is 0.279. The predicted octanol–water partition coefficient (Wildman–Crippen LogP) is 3.94. The summed E-state index contributed by atoms with van der Waals surface area (Å²) in [4.78, 5) is 2.59. The molecule has 2 aromatic rings. The fourth-order valence-electron chi connectivity index (χ4n) is 4.34. The van der Waals surface area contributed by atoms with Crippen LogP contribution in [0.15, 0.2) is 54.6 Å². The van der Waals surface area contributed by atoms with Crippen molar-refractivity contribution in [3.63, 3.8) is 0 Å². The third-order valence-electron chi connectivity index (χ3n) is 6.05. The molecule has 0 aromatic heterocycles. The monoisotopic (exact) mass is 347 g/mol. The van der Waals surface area contributed by atoms with Crippen LogP contribution >= 0.6 is 0 Å². The minimum atomic E-state index is 0.279. The van der Waals surface area contributed by atoms with Crippen LogP contribution in [0.4, 0.5) is 0 Å². The lowest BCUT2D eigenvalue weighted by atomic mass is 9.74. The Hall–Kier alpha value is -1.94. The second-order valence-corrected chi connectivity index (χ2v) is 7.73. The van der Waals surface area contributed by atoms with Crippen LogP contribution in [-0.2, 0) is 18.5 Å². The molecule has 1 saturated heterocycles. The van der Waals surface area contributed by atoms with Gasteiger partial charge in [-0.15, -0.1) is 0 Å². The van der Waals surface area contributed by atoms with Gasteiger partial charge < -0.3 is 0 Å². The number of fused-ring (bicyclic) bond motifs is 2. The Morgan fingerprint density at radius 3 is 2.42 bits per heavy atom. The molecule has 0 saturated carbocycles. The Labute approximate surface area is 157 Å².